The molecule has 5 atom stereocenters. The van der Waals surface area contributed by atoms with E-state index in [2.05, 4.69) is 11.4 Å². The second-order valence-electron chi connectivity index (χ2n) is 8.39. The number of fused-ring (bicyclic) bond motifs is 1. The first-order valence-corrected chi connectivity index (χ1v) is 9.89. The number of hydrogen-bond donors (Lipinski definition) is 2. The van der Waals surface area contributed by atoms with Crippen LogP contribution in [0.3, 0.4) is 0 Å². The van der Waals surface area contributed by atoms with Gasteiger partial charge in [0.15, 0.2) is 0 Å². The van der Waals surface area contributed by atoms with Crippen LogP contribution in [0, 0.1) is 29.0 Å². The van der Waals surface area contributed by atoms with Gasteiger partial charge < -0.3 is 15.3 Å². The van der Waals surface area contributed by atoms with Gasteiger partial charge >= 0.3 is 0 Å². The van der Waals surface area contributed by atoms with Gasteiger partial charge in [-0.3, -0.25) is 4.79 Å². The number of likely N-dealkylation sites (tertiary alicyclic amines) is 1. The van der Waals surface area contributed by atoms with Crippen molar-refractivity contribution in [1.29, 1.82) is 5.26 Å². The smallest absolute Gasteiger partial charge is 0.237 e. The first-order chi connectivity index (χ1) is 13.0. The highest BCUT2D eigenvalue weighted by Gasteiger charge is 2.49. The Hall–Kier alpha value is -1.97. The highest BCUT2D eigenvalue weighted by molar-refractivity contribution is 5.79. The van der Waals surface area contributed by atoms with E-state index in [4.69, 9.17) is 5.26 Å². The molecule has 1 aromatic carbocycles. The van der Waals surface area contributed by atoms with Crippen molar-refractivity contribution >= 4 is 5.91 Å². The van der Waals surface area contributed by atoms with Crippen molar-refractivity contribution < 1.29 is 14.3 Å². The summed E-state index contributed by atoms with van der Waals surface area (Å²) in [5.74, 6) is 0.572. The summed E-state index contributed by atoms with van der Waals surface area (Å²) in [7, 11) is 0. The second kappa shape index (κ2) is 7.21. The quantitative estimate of drug-likeness (QED) is 0.852. The number of hydrogen-bond acceptors (Lipinski definition) is 4. The lowest BCUT2D eigenvalue weighted by molar-refractivity contribution is -0.130. The average molecular weight is 371 g/mol. The molecule has 2 N–H and O–H groups in total. The fraction of sp³-hybridized carbons (Fsp3) is 0.619. The molecule has 2 saturated carbocycles. The van der Waals surface area contributed by atoms with Crippen molar-refractivity contribution in [3.63, 3.8) is 0 Å². The molecule has 0 unspecified atom stereocenters. The van der Waals surface area contributed by atoms with Gasteiger partial charge in [0.05, 0.1) is 18.2 Å². The molecular weight excluding hydrogens is 345 g/mol. The number of carbonyl (C=O) groups excluding carboxylic acids is 1. The number of benzene rings is 1. The molecule has 1 saturated heterocycles. The van der Waals surface area contributed by atoms with Gasteiger partial charge in [0, 0.05) is 12.6 Å². The standard InChI is InChI=1S/C21H26FN3O2/c22-17-5-3-16(4-6-17)21(27)10-14-8-18(9-15(14)11-21)24-13-20(26)25-7-1-2-19(25)12-23/h3-6,14-15,18-19,24,27H,1-2,7-11,13H2/t14-,15+,18-,19-,21-/m0/s1. The molecule has 0 spiro atoms. The predicted molar refractivity (Wildman–Crippen MR) is 97.9 cm³/mol. The molecular formula is C21H26FN3O2. The van der Waals surface area contributed by atoms with Crippen LogP contribution in [0.2, 0.25) is 0 Å². The van der Waals surface area contributed by atoms with Crippen LogP contribution in [-0.2, 0) is 10.4 Å². The van der Waals surface area contributed by atoms with Gasteiger partial charge in [-0.15, -0.1) is 0 Å². The van der Waals surface area contributed by atoms with Gasteiger partial charge in [-0.05, 0) is 68.1 Å². The van der Waals surface area contributed by atoms with E-state index in [1.165, 1.54) is 12.1 Å². The summed E-state index contributed by atoms with van der Waals surface area (Å²) >= 11 is 0. The van der Waals surface area contributed by atoms with Gasteiger partial charge in [-0.25, -0.2) is 4.39 Å². The maximum absolute atomic E-state index is 13.2. The third-order valence-corrected chi connectivity index (χ3v) is 6.69. The highest BCUT2D eigenvalue weighted by Crippen LogP contribution is 2.52. The predicted octanol–water partition coefficient (Wildman–Crippen LogP) is 2.31. The second-order valence-corrected chi connectivity index (χ2v) is 8.39. The van der Waals surface area contributed by atoms with E-state index in [9.17, 15) is 14.3 Å². The lowest BCUT2D eigenvalue weighted by Gasteiger charge is -2.26. The number of aliphatic hydroxyl groups is 1. The monoisotopic (exact) mass is 371 g/mol. The normalized spacial score (nSPS) is 35.2. The number of nitrogens with one attached hydrogen (secondary N) is 1. The summed E-state index contributed by atoms with van der Waals surface area (Å²) < 4.78 is 13.2. The van der Waals surface area contributed by atoms with Crippen LogP contribution in [0.5, 0.6) is 0 Å². The first-order valence-electron chi connectivity index (χ1n) is 9.89. The first kappa shape index (κ1) is 18.4. The molecule has 3 fully saturated rings. The third-order valence-electron chi connectivity index (χ3n) is 6.69. The molecule has 3 aliphatic rings. The van der Waals surface area contributed by atoms with Gasteiger partial charge in [0.25, 0.3) is 0 Å². The minimum atomic E-state index is -0.862. The van der Waals surface area contributed by atoms with Gasteiger partial charge in [-0.1, -0.05) is 12.1 Å². The van der Waals surface area contributed by atoms with Crippen molar-refractivity contribution in [2.75, 3.05) is 13.1 Å². The maximum atomic E-state index is 13.2. The van der Waals surface area contributed by atoms with E-state index in [0.717, 1.165) is 31.2 Å². The number of rotatable bonds is 4. The molecule has 1 amide bonds. The highest BCUT2D eigenvalue weighted by atomic mass is 19.1. The molecule has 27 heavy (non-hydrogen) atoms. The maximum Gasteiger partial charge on any atom is 0.237 e. The van der Waals surface area contributed by atoms with Crippen LogP contribution in [0.15, 0.2) is 24.3 Å². The summed E-state index contributed by atoms with van der Waals surface area (Å²) in [5.41, 5.74) is -0.0612. The van der Waals surface area contributed by atoms with Gasteiger partial charge in [-0.2, -0.15) is 5.26 Å². The Labute approximate surface area is 159 Å². The Kier molecular flexibility index (Phi) is 4.92. The Balaban J connectivity index is 1.29. The summed E-state index contributed by atoms with van der Waals surface area (Å²) in [6.07, 6.45) is 4.96. The van der Waals surface area contributed by atoms with E-state index in [0.29, 0.717) is 31.2 Å². The zero-order valence-electron chi connectivity index (χ0n) is 15.4. The van der Waals surface area contributed by atoms with Crippen LogP contribution in [0.25, 0.3) is 0 Å². The van der Waals surface area contributed by atoms with Crippen LogP contribution < -0.4 is 5.32 Å². The molecule has 1 aromatic rings. The summed E-state index contributed by atoms with van der Waals surface area (Å²) in [6.45, 7) is 0.962. The Morgan fingerprint density at radius 2 is 1.96 bits per heavy atom. The van der Waals surface area contributed by atoms with Crippen molar-refractivity contribution in [3.8, 4) is 6.07 Å². The van der Waals surface area contributed by atoms with Crippen molar-refractivity contribution in [2.24, 2.45) is 11.8 Å². The fourth-order valence-corrected chi connectivity index (χ4v) is 5.36. The molecule has 2 aliphatic carbocycles. The van der Waals surface area contributed by atoms with E-state index in [1.54, 1.807) is 17.0 Å². The average Bonchev–Trinajstić information content (AvgIpc) is 3.33. The summed E-state index contributed by atoms with van der Waals surface area (Å²) in [5, 5.41) is 23.5. The van der Waals surface area contributed by atoms with E-state index in [1.807, 2.05) is 0 Å². The molecule has 144 valence electrons. The molecule has 1 heterocycles. The number of amides is 1. The largest absolute Gasteiger partial charge is 0.385 e. The minimum Gasteiger partial charge on any atom is -0.385 e. The molecule has 4 rings (SSSR count). The van der Waals surface area contributed by atoms with E-state index >= 15 is 0 Å². The number of nitrogens with zero attached hydrogens (tertiary/aromatic N) is 2. The molecule has 0 radical (unpaired) electrons. The van der Waals surface area contributed by atoms with Crippen LogP contribution >= 0.6 is 0 Å². The lowest BCUT2D eigenvalue weighted by atomic mass is 9.89. The fourth-order valence-electron chi connectivity index (χ4n) is 5.36. The molecule has 6 heteroatoms. The Morgan fingerprint density at radius 1 is 1.30 bits per heavy atom. The van der Waals surface area contributed by atoms with E-state index < -0.39 is 5.60 Å². The molecule has 0 bridgehead atoms. The zero-order valence-corrected chi connectivity index (χ0v) is 15.4. The van der Waals surface area contributed by atoms with E-state index in [-0.39, 0.29) is 30.4 Å². The molecule has 5 nitrogen and oxygen atoms in total. The van der Waals surface area contributed by atoms with Crippen molar-refractivity contribution in [1.82, 2.24) is 10.2 Å². The topological polar surface area (TPSA) is 76.4 Å². The van der Waals surface area contributed by atoms with Crippen LogP contribution in [0.1, 0.15) is 44.1 Å². The van der Waals surface area contributed by atoms with Gasteiger partial charge in [0.1, 0.15) is 11.9 Å². The lowest BCUT2D eigenvalue weighted by Crippen LogP contribution is -2.43. The Morgan fingerprint density at radius 3 is 2.59 bits per heavy atom. The number of carbonyl (C=O) groups is 1. The van der Waals surface area contributed by atoms with Crippen molar-refractivity contribution in [2.45, 2.75) is 56.2 Å². The van der Waals surface area contributed by atoms with Crippen molar-refractivity contribution in [3.05, 3.63) is 35.6 Å². The number of halogens is 1. The van der Waals surface area contributed by atoms with Crippen LogP contribution in [0.4, 0.5) is 4.39 Å². The summed E-state index contributed by atoms with van der Waals surface area (Å²) in [4.78, 5) is 14.1. The minimum absolute atomic E-state index is 0.0129. The SMILES string of the molecule is N#C[C@@H]1CCCN1C(=O)CN[C@@H]1C[C@@H]2C[C@](O)(c3ccc(F)cc3)C[C@@H]2C1. The van der Waals surface area contributed by atoms with Crippen LogP contribution in [-0.4, -0.2) is 41.1 Å². The summed E-state index contributed by atoms with van der Waals surface area (Å²) in [6, 6.07) is 8.41. The number of nitriles is 1. The van der Waals surface area contributed by atoms with Gasteiger partial charge in [0.2, 0.25) is 5.91 Å². The Bertz CT molecular complexity index is 731. The molecule has 0 aromatic heterocycles. The third kappa shape index (κ3) is 3.59. The zero-order chi connectivity index (χ0) is 19.0. The molecule has 1 aliphatic heterocycles.